The van der Waals surface area contributed by atoms with Crippen molar-refractivity contribution in [2.24, 2.45) is 0 Å². The molecule has 1 aromatic heterocycles. The van der Waals surface area contributed by atoms with E-state index >= 15 is 0 Å². The summed E-state index contributed by atoms with van der Waals surface area (Å²) in [5, 5.41) is 16.5. The third kappa shape index (κ3) is 8.87. The number of benzene rings is 2. The number of aliphatic hydroxyl groups is 1. The number of anilines is 1. The number of hydrogen-bond acceptors (Lipinski definition) is 5. The molecular formula is C25H33CaN3O3. The number of nitrogens with zero attached hydrogens (tertiary/aromatic N) is 3. The molecular weight excluding hydrogens is 430 g/mol. The van der Waals surface area contributed by atoms with Crippen molar-refractivity contribution in [2.45, 2.75) is 39.7 Å². The van der Waals surface area contributed by atoms with Gasteiger partial charge in [0.05, 0.1) is 17.6 Å². The van der Waals surface area contributed by atoms with E-state index in [1.54, 1.807) is 0 Å². The van der Waals surface area contributed by atoms with Gasteiger partial charge < -0.3 is 18.0 Å². The molecule has 0 saturated heterocycles. The summed E-state index contributed by atoms with van der Waals surface area (Å²) in [6.07, 6.45) is 3.59. The normalized spacial score (nSPS) is 10.0. The number of aliphatic carboxylic acids is 1. The second-order valence-electron chi connectivity index (χ2n) is 7.39. The maximum atomic E-state index is 9.10. The molecule has 0 amide bonds. The fourth-order valence-electron chi connectivity index (χ4n) is 3.15. The van der Waals surface area contributed by atoms with Crippen LogP contribution in [0.25, 0.3) is 22.5 Å². The van der Waals surface area contributed by atoms with Gasteiger partial charge in [-0.15, -0.1) is 0 Å². The Kier molecular flexibility index (Phi) is 13.1. The first-order chi connectivity index (χ1) is 14.9. The molecule has 3 aromatic rings. The van der Waals surface area contributed by atoms with Gasteiger partial charge in [-0.1, -0.05) is 60.7 Å². The summed E-state index contributed by atoms with van der Waals surface area (Å²) in [5.41, 5.74) is 3.91. The van der Waals surface area contributed by atoms with Crippen molar-refractivity contribution in [2.75, 3.05) is 18.1 Å². The predicted molar refractivity (Wildman–Crippen MR) is 133 cm³/mol. The molecule has 0 radical (unpaired) electrons. The van der Waals surface area contributed by atoms with E-state index in [9.17, 15) is 0 Å². The van der Waals surface area contributed by atoms with Crippen LogP contribution in [0, 0.1) is 0 Å². The van der Waals surface area contributed by atoms with E-state index in [4.69, 9.17) is 25.0 Å². The van der Waals surface area contributed by atoms with Crippen LogP contribution in [0.3, 0.4) is 0 Å². The molecule has 0 aliphatic carbocycles. The molecule has 0 atom stereocenters. The molecule has 32 heavy (non-hydrogen) atoms. The van der Waals surface area contributed by atoms with Crippen molar-refractivity contribution in [3.05, 3.63) is 66.9 Å². The van der Waals surface area contributed by atoms with Crippen molar-refractivity contribution in [3.63, 3.8) is 0 Å². The molecule has 0 aliphatic rings. The number of carbonyl (C=O) groups is 1. The predicted octanol–water partition coefficient (Wildman–Crippen LogP) is 4.73. The maximum absolute atomic E-state index is 9.10. The van der Waals surface area contributed by atoms with Crippen molar-refractivity contribution in [3.8, 4) is 22.5 Å². The molecule has 0 aliphatic heterocycles. The monoisotopic (exact) mass is 463 g/mol. The van der Waals surface area contributed by atoms with Gasteiger partial charge in [0.25, 0.3) is 5.97 Å². The quantitative estimate of drug-likeness (QED) is 0.371. The van der Waals surface area contributed by atoms with E-state index in [0.717, 1.165) is 54.6 Å². The fourth-order valence-corrected chi connectivity index (χ4v) is 3.15. The Morgan fingerprint density at radius 3 is 1.94 bits per heavy atom. The summed E-state index contributed by atoms with van der Waals surface area (Å²) >= 11 is 0. The zero-order chi connectivity index (χ0) is 22.6. The summed E-state index contributed by atoms with van der Waals surface area (Å²) in [4.78, 5) is 21.1. The smallest absolute Gasteiger partial charge is 1.00 e. The molecule has 0 bridgehead atoms. The van der Waals surface area contributed by atoms with Crippen LogP contribution in [-0.2, 0) is 4.79 Å². The summed E-state index contributed by atoms with van der Waals surface area (Å²) in [6.45, 7) is 6.48. The second kappa shape index (κ2) is 15.0. The Bertz CT molecular complexity index is 945. The van der Waals surface area contributed by atoms with Crippen LogP contribution in [0.2, 0.25) is 0 Å². The Hall–Kier alpha value is -1.99. The molecule has 7 heteroatoms. The topological polar surface area (TPSA) is 86.5 Å². The SMILES string of the molecule is CC(=O)O.CC(C)N(CCCCO)c1cnc(-c2ccccc2)c(-c2ccccc2)n1.[Ca+2].[H-].[H-]. The Morgan fingerprint density at radius 1 is 0.969 bits per heavy atom. The average Bonchev–Trinajstić information content (AvgIpc) is 2.77. The van der Waals surface area contributed by atoms with E-state index in [0.29, 0.717) is 6.04 Å². The molecule has 6 nitrogen and oxygen atoms in total. The van der Waals surface area contributed by atoms with Crippen molar-refractivity contribution < 1.29 is 17.9 Å². The molecule has 2 N–H and O–H groups in total. The number of hydrogen-bond donors (Lipinski definition) is 2. The van der Waals surface area contributed by atoms with Gasteiger partial charge in [-0.05, 0) is 26.7 Å². The molecule has 2 aromatic carbocycles. The first-order valence-corrected chi connectivity index (χ1v) is 10.5. The zero-order valence-electron chi connectivity index (χ0n) is 21.1. The number of unbranched alkanes of at least 4 members (excludes halogenated alkanes) is 1. The standard InChI is InChI=1S/C23H27N3O.C2H4O2.Ca.2H/c1-18(2)26(15-9-10-16-27)21-17-24-22(19-11-5-3-6-12-19)23(25-21)20-13-7-4-8-14-20;1-2(3)4;;;/h3-8,11-14,17-18,27H,9-10,15-16H2,1-2H3;1H3,(H,3,4);;;/q;;+2;2*-1. The van der Waals surface area contributed by atoms with Crippen LogP contribution in [0.5, 0.6) is 0 Å². The minimum absolute atomic E-state index is 0. The van der Waals surface area contributed by atoms with Crippen LogP contribution in [-0.4, -0.2) is 83.1 Å². The first-order valence-electron chi connectivity index (χ1n) is 10.5. The van der Waals surface area contributed by atoms with Gasteiger partial charge >= 0.3 is 37.7 Å². The third-order valence-corrected chi connectivity index (χ3v) is 4.58. The fraction of sp³-hybridized carbons (Fsp3) is 0.320. The van der Waals surface area contributed by atoms with Gasteiger partial charge in [0.1, 0.15) is 5.82 Å². The molecule has 3 rings (SSSR count). The van der Waals surface area contributed by atoms with Crippen LogP contribution < -0.4 is 4.90 Å². The van der Waals surface area contributed by atoms with Crippen LogP contribution >= 0.6 is 0 Å². The van der Waals surface area contributed by atoms with E-state index in [2.05, 4.69) is 43.0 Å². The number of aromatic nitrogens is 2. The van der Waals surface area contributed by atoms with Gasteiger partial charge in [0, 0.05) is 37.2 Å². The zero-order valence-corrected chi connectivity index (χ0v) is 21.3. The maximum Gasteiger partial charge on any atom is 2.00 e. The van der Waals surface area contributed by atoms with Crippen molar-refractivity contribution in [1.29, 1.82) is 0 Å². The number of rotatable bonds is 8. The summed E-state index contributed by atoms with van der Waals surface area (Å²) in [7, 11) is 0. The van der Waals surface area contributed by atoms with Gasteiger partial charge in [0.2, 0.25) is 0 Å². The molecule has 0 fully saturated rings. The summed E-state index contributed by atoms with van der Waals surface area (Å²) < 4.78 is 0. The first kappa shape index (κ1) is 28.0. The van der Waals surface area contributed by atoms with Gasteiger partial charge in [-0.25, -0.2) is 4.98 Å². The second-order valence-corrected chi connectivity index (χ2v) is 7.39. The van der Waals surface area contributed by atoms with Crippen LogP contribution in [0.4, 0.5) is 5.82 Å². The van der Waals surface area contributed by atoms with Gasteiger partial charge in [-0.3, -0.25) is 9.78 Å². The Balaban J connectivity index is 0. The number of aliphatic hydroxyl groups excluding tert-OH is 1. The molecule has 168 valence electrons. The van der Waals surface area contributed by atoms with E-state index in [1.807, 2.05) is 42.6 Å². The minimum Gasteiger partial charge on any atom is -1.00 e. The Morgan fingerprint density at radius 2 is 1.47 bits per heavy atom. The van der Waals surface area contributed by atoms with Gasteiger partial charge in [0.15, 0.2) is 0 Å². The minimum atomic E-state index is -0.833. The van der Waals surface area contributed by atoms with E-state index < -0.39 is 5.97 Å². The van der Waals surface area contributed by atoms with Crippen LogP contribution in [0.1, 0.15) is 36.5 Å². The van der Waals surface area contributed by atoms with Crippen molar-refractivity contribution in [1.82, 2.24) is 9.97 Å². The third-order valence-electron chi connectivity index (χ3n) is 4.58. The van der Waals surface area contributed by atoms with Crippen LogP contribution in [0.15, 0.2) is 66.9 Å². The molecule has 0 unspecified atom stereocenters. The number of carboxylic acids is 1. The largest absolute Gasteiger partial charge is 2.00 e. The summed E-state index contributed by atoms with van der Waals surface area (Å²) in [6, 6.07) is 20.7. The summed E-state index contributed by atoms with van der Waals surface area (Å²) in [5.74, 6) is 0.0430. The molecule has 0 saturated carbocycles. The van der Waals surface area contributed by atoms with E-state index in [-0.39, 0.29) is 47.2 Å². The van der Waals surface area contributed by atoms with E-state index in [1.165, 1.54) is 0 Å². The number of carboxylic acid groups (broad SMARTS) is 1. The Labute approximate surface area is 223 Å². The molecule has 0 spiro atoms. The molecule has 1 heterocycles. The van der Waals surface area contributed by atoms with Gasteiger partial charge in [-0.2, -0.15) is 0 Å². The van der Waals surface area contributed by atoms with Crippen molar-refractivity contribution >= 4 is 49.5 Å². The average molecular weight is 464 g/mol.